The Morgan fingerprint density at radius 1 is 0.828 bits per heavy atom. The van der Waals surface area contributed by atoms with Gasteiger partial charge in [0.2, 0.25) is 0 Å². The van der Waals surface area contributed by atoms with E-state index in [2.05, 4.69) is 35.6 Å². The van der Waals surface area contributed by atoms with Gasteiger partial charge in [-0.15, -0.1) is 0 Å². The zero-order valence-electron chi connectivity index (χ0n) is 33.2. The zero-order chi connectivity index (χ0) is 43.0. The van der Waals surface area contributed by atoms with Crippen LogP contribution in [-0.4, -0.2) is 62.7 Å². The van der Waals surface area contributed by atoms with Crippen molar-refractivity contribution in [2.24, 2.45) is 0 Å². The van der Waals surface area contributed by atoms with E-state index in [1.165, 1.54) is 30.0 Å². The highest BCUT2D eigenvalue weighted by Crippen LogP contribution is 2.27. The van der Waals surface area contributed by atoms with Crippen molar-refractivity contribution in [1.82, 2.24) is 29.5 Å². The Morgan fingerprint density at radius 3 is 1.88 bits per heavy atom. The molecule has 6 aromatic heterocycles. The molecule has 0 radical (unpaired) electrons. The van der Waals surface area contributed by atoms with Gasteiger partial charge in [0, 0.05) is 48.6 Å². The van der Waals surface area contributed by atoms with E-state index in [4.69, 9.17) is 27.6 Å². The number of aliphatic hydroxyl groups excluding tert-OH is 3. The van der Waals surface area contributed by atoms with Gasteiger partial charge in [-0.3, -0.25) is 9.59 Å². The number of hydrogen-bond acceptors (Lipinski definition) is 16. The molecule has 304 valence electrons. The molecule has 0 aliphatic carbocycles. The number of nitriles is 1. The summed E-state index contributed by atoms with van der Waals surface area (Å²) >= 11 is 0. The van der Waals surface area contributed by atoms with Gasteiger partial charge >= 0.3 is 0 Å². The van der Waals surface area contributed by atoms with Crippen LogP contribution in [0, 0.1) is 11.3 Å². The van der Waals surface area contributed by atoms with Gasteiger partial charge < -0.3 is 47.7 Å². The van der Waals surface area contributed by atoms with Crippen LogP contribution in [0.5, 0.6) is 0 Å². The zero-order valence-corrected chi connectivity index (χ0v) is 33.2. The van der Waals surface area contributed by atoms with E-state index in [-0.39, 0.29) is 30.0 Å². The fraction of sp³-hybridized carbons (Fsp3) is 0.268. The number of nitrogens with two attached hydrogens (primary N) is 3. The summed E-state index contributed by atoms with van der Waals surface area (Å²) in [6, 6.07) is 18.8. The minimum absolute atomic E-state index is 0.00843. The Bertz CT molecular complexity index is 2390. The number of nitrogens with one attached hydrogen (secondary N) is 2. The number of carbonyl (C=O) groups is 1. The summed E-state index contributed by atoms with van der Waals surface area (Å²) in [5.74, 6) is 2.75. The molecule has 0 saturated carbocycles. The summed E-state index contributed by atoms with van der Waals surface area (Å²) < 4.78 is 1.47. The molecular weight excluding hydrogens is 741 g/mol. The van der Waals surface area contributed by atoms with Gasteiger partial charge in [0.25, 0.3) is 5.56 Å². The SMILES string of the molecule is CC(=O)c1ccnc(N)c1.CC(O)c1ccnc(N)c1.CC(O)c1ccnc(Nc2cc3ccn(CCO)c(=O)c3c(NC(C)(C)C)n2)c1.N#Cc1ccnc(N)c1. The number of Topliss-reactive ketones (excluding diaryl/α,β-unsaturated/α-hetero) is 1. The Balaban J connectivity index is 0.000000250. The summed E-state index contributed by atoms with van der Waals surface area (Å²) in [7, 11) is 0. The average Bonchev–Trinajstić information content (AvgIpc) is 3.16. The van der Waals surface area contributed by atoms with Gasteiger partial charge in [-0.1, -0.05) is 0 Å². The highest BCUT2D eigenvalue weighted by Gasteiger charge is 2.17. The lowest BCUT2D eigenvalue weighted by molar-refractivity contribution is 0.101. The van der Waals surface area contributed by atoms with Crippen molar-refractivity contribution in [1.29, 1.82) is 5.26 Å². The van der Waals surface area contributed by atoms with Crippen LogP contribution in [0.4, 0.5) is 34.9 Å². The number of pyridine rings is 6. The van der Waals surface area contributed by atoms with Crippen LogP contribution in [0.25, 0.3) is 10.8 Å². The van der Waals surface area contributed by atoms with E-state index in [1.807, 2.05) is 32.9 Å². The van der Waals surface area contributed by atoms with Gasteiger partial charge in [-0.05, 0) is 119 Å². The van der Waals surface area contributed by atoms with Gasteiger partial charge in [0.1, 0.15) is 34.9 Å². The molecule has 0 amide bonds. The van der Waals surface area contributed by atoms with Crippen LogP contribution in [-0.2, 0) is 6.54 Å². The first-order chi connectivity index (χ1) is 27.4. The molecule has 58 heavy (non-hydrogen) atoms. The third-order valence-corrected chi connectivity index (χ3v) is 7.70. The number of hydrogen-bond donors (Lipinski definition) is 8. The predicted octanol–water partition coefficient (Wildman–Crippen LogP) is 4.91. The Labute approximate surface area is 336 Å². The number of aromatic nitrogens is 6. The molecule has 17 nitrogen and oxygen atoms in total. The molecule has 0 fully saturated rings. The maximum atomic E-state index is 12.9. The number of aliphatic hydroxyl groups is 3. The van der Waals surface area contributed by atoms with Gasteiger partial charge in [0.15, 0.2) is 5.78 Å². The van der Waals surface area contributed by atoms with Crippen LogP contribution in [0.2, 0.25) is 0 Å². The molecule has 0 aromatic carbocycles. The first-order valence-electron chi connectivity index (χ1n) is 18.0. The van der Waals surface area contributed by atoms with Gasteiger partial charge in [0.05, 0.1) is 35.8 Å². The van der Waals surface area contributed by atoms with Crippen molar-refractivity contribution < 1.29 is 20.1 Å². The van der Waals surface area contributed by atoms with E-state index in [9.17, 15) is 19.8 Å². The first-order valence-corrected chi connectivity index (χ1v) is 18.0. The van der Waals surface area contributed by atoms with E-state index >= 15 is 0 Å². The largest absolute Gasteiger partial charge is 0.395 e. The van der Waals surface area contributed by atoms with Crippen LogP contribution >= 0.6 is 0 Å². The van der Waals surface area contributed by atoms with E-state index in [0.717, 1.165) is 16.5 Å². The molecule has 17 heteroatoms. The number of ketones is 1. The number of rotatable bonds is 8. The average molecular weight is 791 g/mol. The van der Waals surface area contributed by atoms with E-state index in [1.54, 1.807) is 81.0 Å². The van der Waals surface area contributed by atoms with Crippen molar-refractivity contribution in [3.63, 3.8) is 0 Å². The molecule has 6 rings (SSSR count). The molecule has 11 N–H and O–H groups in total. The Hall–Kier alpha value is -7.00. The summed E-state index contributed by atoms with van der Waals surface area (Å²) in [6.07, 6.45) is 6.82. The molecular formula is C41H50N12O5. The Kier molecular flexibility index (Phi) is 16.7. The molecule has 2 unspecified atom stereocenters. The second-order valence-electron chi connectivity index (χ2n) is 13.8. The molecule has 6 aromatic rings. The third-order valence-electron chi connectivity index (χ3n) is 7.70. The monoisotopic (exact) mass is 790 g/mol. The minimum Gasteiger partial charge on any atom is -0.395 e. The number of nitrogen functional groups attached to an aromatic ring is 3. The van der Waals surface area contributed by atoms with Crippen molar-refractivity contribution in [3.05, 3.63) is 124 Å². The smallest absolute Gasteiger partial charge is 0.262 e. The molecule has 6 heterocycles. The summed E-state index contributed by atoms with van der Waals surface area (Å²) in [5, 5.41) is 44.0. The Morgan fingerprint density at radius 2 is 1.40 bits per heavy atom. The summed E-state index contributed by atoms with van der Waals surface area (Å²) in [6.45, 7) is 10.9. The normalized spacial score (nSPS) is 11.5. The van der Waals surface area contributed by atoms with Crippen LogP contribution in [0.3, 0.4) is 0 Å². The third kappa shape index (κ3) is 14.6. The molecule has 0 saturated heterocycles. The first kappa shape index (κ1) is 45.4. The van der Waals surface area contributed by atoms with Crippen LogP contribution < -0.4 is 33.4 Å². The van der Waals surface area contributed by atoms with Crippen molar-refractivity contribution >= 4 is 51.5 Å². The van der Waals surface area contributed by atoms with E-state index in [0.29, 0.717) is 51.4 Å². The maximum absolute atomic E-state index is 12.9. The summed E-state index contributed by atoms with van der Waals surface area (Å²) in [4.78, 5) is 43.8. The van der Waals surface area contributed by atoms with Gasteiger partial charge in [-0.25, -0.2) is 24.9 Å². The minimum atomic E-state index is -0.605. The van der Waals surface area contributed by atoms with Crippen LogP contribution in [0.15, 0.2) is 96.4 Å². The number of fused-ring (bicyclic) bond motifs is 1. The maximum Gasteiger partial charge on any atom is 0.262 e. The van der Waals surface area contributed by atoms with E-state index < -0.39 is 12.2 Å². The molecule has 2 atom stereocenters. The highest BCUT2D eigenvalue weighted by atomic mass is 16.3. The highest BCUT2D eigenvalue weighted by molar-refractivity contribution is 5.94. The standard InChI is InChI=1S/C21H27N5O3.C7H10N2O.C7H8N2O.C6H5N3/c1-13(28)14-5-7-22-16(11-14)23-17-12-15-6-8-26(9-10-27)20(29)18(15)19(24-17)25-21(2,3)4;2*1-5(10)6-2-3-9-7(8)4-6;7-4-5-1-2-9-6(8)3-5/h5-8,11-13,27-28H,9-10H2,1-4H3,(H2,22,23,24,25);2-5,10H,1H3,(H2,8,9);2-4H,1H3,(H2,8,9);1-3H,(H2,8,9). The van der Waals surface area contributed by atoms with Gasteiger partial charge in [-0.2, -0.15) is 5.26 Å². The second kappa shape index (κ2) is 21.3. The summed E-state index contributed by atoms with van der Waals surface area (Å²) in [5.41, 5.74) is 18.1. The fourth-order valence-electron chi connectivity index (χ4n) is 4.91. The molecule has 0 spiro atoms. The second-order valence-corrected chi connectivity index (χ2v) is 13.8. The lowest BCUT2D eigenvalue weighted by atomic mass is 10.1. The number of anilines is 6. The van der Waals surface area contributed by atoms with Crippen molar-refractivity contribution in [3.8, 4) is 6.07 Å². The number of nitrogens with zero attached hydrogens (tertiary/aromatic N) is 7. The lowest BCUT2D eigenvalue weighted by Crippen LogP contribution is -2.29. The lowest BCUT2D eigenvalue weighted by Gasteiger charge is -2.23. The molecule has 0 bridgehead atoms. The van der Waals surface area contributed by atoms with Crippen molar-refractivity contribution in [2.75, 3.05) is 34.4 Å². The molecule has 0 aliphatic rings. The van der Waals surface area contributed by atoms with Crippen LogP contribution in [0.1, 0.15) is 80.8 Å². The fourth-order valence-corrected chi connectivity index (χ4v) is 4.91. The predicted molar refractivity (Wildman–Crippen MR) is 226 cm³/mol. The quantitative estimate of drug-likeness (QED) is 0.0950. The topological polar surface area (TPSA) is 290 Å². The number of carbonyl (C=O) groups excluding carboxylic acids is 1. The van der Waals surface area contributed by atoms with Crippen molar-refractivity contribution in [2.45, 2.75) is 65.8 Å². The molecule has 0 aliphatic heterocycles.